The highest BCUT2D eigenvalue weighted by molar-refractivity contribution is 6.10. The van der Waals surface area contributed by atoms with Gasteiger partial charge < -0.3 is 9.47 Å². The summed E-state index contributed by atoms with van der Waals surface area (Å²) in [5, 5.41) is 2.44. The molecule has 1 aromatic heterocycles. The fraction of sp³-hybridized carbons (Fsp3) is 0. The largest absolute Gasteiger partial charge is 0.310 e. The molecule has 0 amide bonds. The van der Waals surface area contributed by atoms with Gasteiger partial charge in [-0.25, -0.2) is 0 Å². The molecule has 11 aromatic rings. The van der Waals surface area contributed by atoms with E-state index in [0.29, 0.717) is 0 Å². The fourth-order valence-corrected chi connectivity index (χ4v) is 9.15. The Morgan fingerprint density at radius 3 is 1.34 bits per heavy atom. The van der Waals surface area contributed by atoms with Gasteiger partial charge in [-0.1, -0.05) is 200 Å². The van der Waals surface area contributed by atoms with Crippen LogP contribution in [0.1, 0.15) is 0 Å². The summed E-state index contributed by atoms with van der Waals surface area (Å²) >= 11 is 0. The number of rotatable bonds is 9. The molecule has 0 bridgehead atoms. The topological polar surface area (TPSA) is 8.17 Å². The summed E-state index contributed by atoms with van der Waals surface area (Å²) in [5.74, 6) is 0. The number of para-hydroxylation sites is 2. The minimum atomic E-state index is 1.08. The van der Waals surface area contributed by atoms with Gasteiger partial charge in [0.05, 0.1) is 16.7 Å². The van der Waals surface area contributed by atoms with Gasteiger partial charge >= 0.3 is 0 Å². The molecular formula is C60H42N2. The van der Waals surface area contributed by atoms with E-state index in [1.165, 1.54) is 60.8 Å². The summed E-state index contributed by atoms with van der Waals surface area (Å²) in [6.45, 7) is 0. The first kappa shape index (κ1) is 36.8. The van der Waals surface area contributed by atoms with Crippen molar-refractivity contribution >= 4 is 38.9 Å². The smallest absolute Gasteiger partial charge is 0.0561 e. The second-order valence-electron chi connectivity index (χ2n) is 15.7. The molecule has 0 fully saturated rings. The van der Waals surface area contributed by atoms with Crippen molar-refractivity contribution in [3.05, 3.63) is 255 Å². The molecule has 0 aliphatic heterocycles. The summed E-state index contributed by atoms with van der Waals surface area (Å²) in [6.07, 6.45) is 0. The molecule has 62 heavy (non-hydrogen) atoms. The van der Waals surface area contributed by atoms with Gasteiger partial charge in [-0.2, -0.15) is 0 Å². The first-order valence-corrected chi connectivity index (χ1v) is 21.3. The van der Waals surface area contributed by atoms with Crippen LogP contribution in [0.3, 0.4) is 0 Å². The minimum absolute atomic E-state index is 1.08. The Labute approximate surface area is 362 Å². The monoisotopic (exact) mass is 790 g/mol. The van der Waals surface area contributed by atoms with E-state index in [0.717, 1.165) is 39.4 Å². The minimum Gasteiger partial charge on any atom is -0.310 e. The maximum atomic E-state index is 2.44. The Hall–Kier alpha value is -8.20. The Kier molecular flexibility index (Phi) is 9.57. The lowest BCUT2D eigenvalue weighted by molar-refractivity contribution is 1.18. The van der Waals surface area contributed by atoms with Crippen LogP contribution in [0.4, 0.5) is 17.1 Å². The van der Waals surface area contributed by atoms with Crippen LogP contribution in [-0.2, 0) is 0 Å². The first-order valence-electron chi connectivity index (χ1n) is 21.3. The van der Waals surface area contributed by atoms with E-state index in [2.05, 4.69) is 264 Å². The fourth-order valence-electron chi connectivity index (χ4n) is 9.15. The third-order valence-corrected chi connectivity index (χ3v) is 12.0. The molecule has 2 nitrogen and oxygen atoms in total. The van der Waals surface area contributed by atoms with Crippen LogP contribution in [0.5, 0.6) is 0 Å². The van der Waals surface area contributed by atoms with Crippen LogP contribution in [0.2, 0.25) is 0 Å². The van der Waals surface area contributed by atoms with Gasteiger partial charge in [0.15, 0.2) is 0 Å². The van der Waals surface area contributed by atoms with Crippen molar-refractivity contribution in [2.24, 2.45) is 0 Å². The van der Waals surface area contributed by atoms with Gasteiger partial charge in [0.2, 0.25) is 0 Å². The number of nitrogens with zero attached hydrogens (tertiary/aromatic N) is 2. The van der Waals surface area contributed by atoms with E-state index in [9.17, 15) is 0 Å². The quantitative estimate of drug-likeness (QED) is 0.141. The standard InChI is InChI=1S/C60H42N2/c1-5-20-43(21-6-1)51-30-13-15-32-53(51)46-26-19-29-49(40-46)62-58-35-18-17-34-55(58)56-38-37-50(42-60(56)62)61(48-27-11-4-12-28-48)59-39-36-47(41-57(59)45-24-9-3-10-25-45)54-33-16-14-31-52(54)44-22-7-2-8-23-44/h1-42H. The summed E-state index contributed by atoms with van der Waals surface area (Å²) in [4.78, 5) is 2.42. The molecule has 292 valence electrons. The molecule has 11 rings (SSSR count). The number of fused-ring (bicyclic) bond motifs is 3. The molecule has 1 heterocycles. The molecule has 0 saturated heterocycles. The van der Waals surface area contributed by atoms with Crippen molar-refractivity contribution in [2.45, 2.75) is 0 Å². The van der Waals surface area contributed by atoms with Crippen molar-refractivity contribution in [1.82, 2.24) is 4.57 Å². The number of benzene rings is 10. The van der Waals surface area contributed by atoms with Gasteiger partial charge in [-0.3, -0.25) is 0 Å². The lowest BCUT2D eigenvalue weighted by Gasteiger charge is -2.29. The van der Waals surface area contributed by atoms with Gasteiger partial charge in [0, 0.05) is 33.4 Å². The van der Waals surface area contributed by atoms with E-state index >= 15 is 0 Å². The van der Waals surface area contributed by atoms with Gasteiger partial charge in [-0.05, 0) is 105 Å². The number of aromatic nitrogens is 1. The molecule has 0 radical (unpaired) electrons. The van der Waals surface area contributed by atoms with E-state index in [4.69, 9.17) is 0 Å². The van der Waals surface area contributed by atoms with E-state index in [1.54, 1.807) is 0 Å². The first-order chi connectivity index (χ1) is 30.8. The molecule has 2 heteroatoms. The predicted octanol–water partition coefficient (Wildman–Crippen LogP) is 16.6. The zero-order valence-electron chi connectivity index (χ0n) is 34.1. The van der Waals surface area contributed by atoms with Gasteiger partial charge in [0.25, 0.3) is 0 Å². The molecule has 0 saturated carbocycles. The number of hydrogen-bond donors (Lipinski definition) is 0. The van der Waals surface area contributed by atoms with Crippen molar-refractivity contribution < 1.29 is 0 Å². The Morgan fingerprint density at radius 2 is 0.726 bits per heavy atom. The third kappa shape index (κ3) is 6.74. The van der Waals surface area contributed by atoms with Gasteiger partial charge in [-0.15, -0.1) is 0 Å². The van der Waals surface area contributed by atoms with Crippen molar-refractivity contribution in [1.29, 1.82) is 0 Å². The molecular weight excluding hydrogens is 749 g/mol. The van der Waals surface area contributed by atoms with Crippen LogP contribution in [0.25, 0.3) is 83.1 Å². The number of hydrogen-bond acceptors (Lipinski definition) is 1. The predicted molar refractivity (Wildman–Crippen MR) is 263 cm³/mol. The molecule has 10 aromatic carbocycles. The van der Waals surface area contributed by atoms with Crippen molar-refractivity contribution in [3.63, 3.8) is 0 Å². The maximum absolute atomic E-state index is 2.44. The van der Waals surface area contributed by atoms with E-state index in [-0.39, 0.29) is 0 Å². The average molecular weight is 791 g/mol. The van der Waals surface area contributed by atoms with Crippen LogP contribution in [0, 0.1) is 0 Å². The zero-order valence-corrected chi connectivity index (χ0v) is 34.1. The van der Waals surface area contributed by atoms with Crippen LogP contribution < -0.4 is 4.90 Å². The molecule has 0 aliphatic rings. The third-order valence-electron chi connectivity index (χ3n) is 12.0. The Bertz CT molecular complexity index is 3330. The summed E-state index contributed by atoms with van der Waals surface area (Å²) in [7, 11) is 0. The SMILES string of the molecule is c1ccc(-c2ccccc2-c2cccc(-n3c4ccccc4c4ccc(N(c5ccccc5)c5ccc(-c6ccccc6-c6ccccc6)cc5-c5ccccc5)cc43)c2)cc1. The lowest BCUT2D eigenvalue weighted by Crippen LogP contribution is -2.11. The maximum Gasteiger partial charge on any atom is 0.0561 e. The van der Waals surface area contributed by atoms with Crippen LogP contribution in [-0.4, -0.2) is 4.57 Å². The van der Waals surface area contributed by atoms with Crippen LogP contribution in [0.15, 0.2) is 255 Å². The van der Waals surface area contributed by atoms with E-state index in [1.807, 2.05) is 0 Å². The van der Waals surface area contributed by atoms with E-state index < -0.39 is 0 Å². The molecule has 0 atom stereocenters. The molecule has 0 aliphatic carbocycles. The highest BCUT2D eigenvalue weighted by atomic mass is 15.1. The van der Waals surface area contributed by atoms with Crippen molar-refractivity contribution in [3.8, 4) is 61.3 Å². The zero-order chi connectivity index (χ0) is 41.2. The second kappa shape index (κ2) is 16.1. The van der Waals surface area contributed by atoms with Gasteiger partial charge in [0.1, 0.15) is 0 Å². The van der Waals surface area contributed by atoms with Crippen molar-refractivity contribution in [2.75, 3.05) is 4.90 Å². The second-order valence-corrected chi connectivity index (χ2v) is 15.7. The molecule has 0 spiro atoms. The lowest BCUT2D eigenvalue weighted by atomic mass is 9.91. The average Bonchev–Trinajstić information content (AvgIpc) is 3.69. The summed E-state index contributed by atoms with van der Waals surface area (Å²) in [6, 6.07) is 92.1. The summed E-state index contributed by atoms with van der Waals surface area (Å²) in [5.41, 5.74) is 18.6. The normalized spacial score (nSPS) is 11.2. The highest BCUT2D eigenvalue weighted by Crippen LogP contribution is 2.45. The Balaban J connectivity index is 1.11. The van der Waals surface area contributed by atoms with Crippen LogP contribution >= 0.6 is 0 Å². The Morgan fingerprint density at radius 1 is 0.258 bits per heavy atom. The highest BCUT2D eigenvalue weighted by Gasteiger charge is 2.22. The summed E-state index contributed by atoms with van der Waals surface area (Å²) < 4.78 is 2.44. The number of anilines is 3. The molecule has 0 N–H and O–H groups in total. The molecule has 0 unspecified atom stereocenters.